The van der Waals surface area contributed by atoms with Crippen LogP contribution in [0.4, 0.5) is 0 Å². The third kappa shape index (κ3) is 2.10. The minimum atomic E-state index is -0.385. The van der Waals surface area contributed by atoms with Crippen molar-refractivity contribution >= 4 is 11.2 Å². The fourth-order valence-electron chi connectivity index (χ4n) is 2.08. The molecule has 0 saturated carbocycles. The molecule has 6 heteroatoms. The van der Waals surface area contributed by atoms with Crippen molar-refractivity contribution in [2.24, 2.45) is 5.92 Å². The van der Waals surface area contributed by atoms with E-state index in [9.17, 15) is 9.59 Å². The first-order valence-electron chi connectivity index (χ1n) is 6.22. The standard InChI is InChI=1S/C12H18N4O2/c1-4-5-16-10-9(11(17)14-12(16)18)15(7-13-10)6-8(2)3/h7-8H,4-6H2,1-3H3,(H,14,17,18). The predicted molar refractivity (Wildman–Crippen MR) is 69.7 cm³/mol. The van der Waals surface area contributed by atoms with Gasteiger partial charge in [0.15, 0.2) is 11.2 Å². The summed E-state index contributed by atoms with van der Waals surface area (Å²) in [5.74, 6) is 0.411. The Kier molecular flexibility index (Phi) is 3.36. The molecule has 0 spiro atoms. The van der Waals surface area contributed by atoms with Crippen molar-refractivity contribution in [1.29, 1.82) is 0 Å². The molecule has 0 unspecified atom stereocenters. The van der Waals surface area contributed by atoms with Crippen molar-refractivity contribution in [3.05, 3.63) is 27.2 Å². The van der Waals surface area contributed by atoms with Gasteiger partial charge in [0, 0.05) is 13.1 Å². The van der Waals surface area contributed by atoms with Crippen molar-refractivity contribution in [3.63, 3.8) is 0 Å². The van der Waals surface area contributed by atoms with E-state index in [-0.39, 0.29) is 11.2 Å². The lowest BCUT2D eigenvalue weighted by Gasteiger charge is -2.07. The van der Waals surface area contributed by atoms with Gasteiger partial charge in [-0.1, -0.05) is 20.8 Å². The van der Waals surface area contributed by atoms with Crippen LogP contribution in [0.5, 0.6) is 0 Å². The van der Waals surface area contributed by atoms with Gasteiger partial charge in [0.05, 0.1) is 6.33 Å². The first-order chi connectivity index (χ1) is 8.54. The van der Waals surface area contributed by atoms with Crippen molar-refractivity contribution < 1.29 is 0 Å². The molecule has 0 saturated heterocycles. The molecule has 2 rings (SSSR count). The molecule has 2 aromatic heterocycles. The summed E-state index contributed by atoms with van der Waals surface area (Å²) >= 11 is 0. The van der Waals surface area contributed by atoms with Crippen LogP contribution in [0.3, 0.4) is 0 Å². The van der Waals surface area contributed by atoms with Crippen LogP contribution in [-0.4, -0.2) is 19.1 Å². The Bertz CT molecular complexity index is 663. The Labute approximate surface area is 104 Å². The van der Waals surface area contributed by atoms with Crippen LogP contribution >= 0.6 is 0 Å². The summed E-state index contributed by atoms with van der Waals surface area (Å²) in [5, 5.41) is 0. The number of nitrogens with zero attached hydrogens (tertiary/aromatic N) is 3. The summed E-state index contributed by atoms with van der Waals surface area (Å²) in [4.78, 5) is 30.2. The van der Waals surface area contributed by atoms with Crippen molar-refractivity contribution in [2.75, 3.05) is 0 Å². The molecule has 0 aliphatic heterocycles. The molecule has 0 aliphatic rings. The summed E-state index contributed by atoms with van der Waals surface area (Å²) in [5.41, 5.74) is 0.215. The molecule has 0 amide bonds. The van der Waals surface area contributed by atoms with Crippen LogP contribution in [0.2, 0.25) is 0 Å². The number of aromatic nitrogens is 4. The van der Waals surface area contributed by atoms with Crippen LogP contribution < -0.4 is 11.2 Å². The molecule has 6 nitrogen and oxygen atoms in total. The lowest BCUT2D eigenvalue weighted by atomic mass is 10.2. The molecule has 2 aromatic rings. The number of aryl methyl sites for hydroxylation is 1. The quantitative estimate of drug-likeness (QED) is 0.878. The lowest BCUT2D eigenvalue weighted by molar-refractivity contribution is 0.531. The number of H-pyrrole nitrogens is 1. The number of fused-ring (bicyclic) bond motifs is 1. The van der Waals surface area contributed by atoms with E-state index in [1.54, 1.807) is 6.33 Å². The van der Waals surface area contributed by atoms with Gasteiger partial charge in [0.1, 0.15) is 0 Å². The molecule has 98 valence electrons. The molecule has 0 radical (unpaired) electrons. The first kappa shape index (κ1) is 12.6. The Balaban J connectivity index is 2.71. The van der Waals surface area contributed by atoms with Gasteiger partial charge in [-0.15, -0.1) is 0 Å². The van der Waals surface area contributed by atoms with Crippen LogP contribution in [-0.2, 0) is 13.1 Å². The van der Waals surface area contributed by atoms with Crippen LogP contribution in [0.1, 0.15) is 27.2 Å². The summed E-state index contributed by atoms with van der Waals surface area (Å²) in [6.45, 7) is 7.40. The first-order valence-corrected chi connectivity index (χ1v) is 6.22. The molecule has 2 heterocycles. The molecule has 0 bridgehead atoms. The van der Waals surface area contributed by atoms with Gasteiger partial charge in [-0.3, -0.25) is 14.3 Å². The van der Waals surface area contributed by atoms with Crippen molar-refractivity contribution in [1.82, 2.24) is 19.1 Å². The second-order valence-electron chi connectivity index (χ2n) is 4.87. The second kappa shape index (κ2) is 4.80. The molecule has 18 heavy (non-hydrogen) atoms. The maximum Gasteiger partial charge on any atom is 0.330 e. The topological polar surface area (TPSA) is 72.7 Å². The molecule has 0 aliphatic carbocycles. The van der Waals surface area contributed by atoms with Crippen LogP contribution in [0.15, 0.2) is 15.9 Å². The van der Waals surface area contributed by atoms with Crippen molar-refractivity contribution in [2.45, 2.75) is 40.3 Å². The third-order valence-electron chi connectivity index (χ3n) is 2.76. The minimum Gasteiger partial charge on any atom is -0.324 e. The maximum atomic E-state index is 11.9. The summed E-state index contributed by atoms with van der Waals surface area (Å²) < 4.78 is 3.33. The lowest BCUT2D eigenvalue weighted by Crippen LogP contribution is -2.31. The number of aromatic amines is 1. The number of hydrogen-bond donors (Lipinski definition) is 1. The number of nitrogens with one attached hydrogen (secondary N) is 1. The summed E-state index contributed by atoms with van der Waals surface area (Å²) in [6, 6.07) is 0. The molecular formula is C12H18N4O2. The van der Waals surface area contributed by atoms with Gasteiger partial charge in [-0.05, 0) is 12.3 Å². The highest BCUT2D eigenvalue weighted by molar-refractivity contribution is 5.69. The maximum absolute atomic E-state index is 11.9. The van der Waals surface area contributed by atoms with Gasteiger partial charge < -0.3 is 4.57 Å². The zero-order valence-corrected chi connectivity index (χ0v) is 10.9. The van der Waals surface area contributed by atoms with E-state index in [1.807, 2.05) is 11.5 Å². The van der Waals surface area contributed by atoms with Gasteiger partial charge in [0.2, 0.25) is 0 Å². The Morgan fingerprint density at radius 3 is 2.72 bits per heavy atom. The van der Waals surface area contributed by atoms with Crippen LogP contribution in [0, 0.1) is 5.92 Å². The van der Waals surface area contributed by atoms with E-state index in [2.05, 4.69) is 23.8 Å². The van der Waals surface area contributed by atoms with E-state index in [1.165, 1.54) is 4.57 Å². The average molecular weight is 250 g/mol. The SMILES string of the molecule is CCCn1c(=O)[nH]c(=O)c2c1ncn2CC(C)C. The number of hydrogen-bond acceptors (Lipinski definition) is 3. The molecule has 0 fully saturated rings. The fourth-order valence-corrected chi connectivity index (χ4v) is 2.08. The summed E-state index contributed by atoms with van der Waals surface area (Å²) in [6.07, 6.45) is 2.45. The molecule has 0 atom stereocenters. The van der Waals surface area contributed by atoms with E-state index in [0.717, 1.165) is 6.42 Å². The van der Waals surface area contributed by atoms with Crippen molar-refractivity contribution in [3.8, 4) is 0 Å². The van der Waals surface area contributed by atoms with E-state index < -0.39 is 0 Å². The summed E-state index contributed by atoms with van der Waals surface area (Å²) in [7, 11) is 0. The highest BCUT2D eigenvalue weighted by Gasteiger charge is 2.13. The fraction of sp³-hybridized carbons (Fsp3) is 0.583. The Morgan fingerprint density at radius 1 is 1.39 bits per heavy atom. The van der Waals surface area contributed by atoms with Gasteiger partial charge in [-0.25, -0.2) is 9.78 Å². The second-order valence-corrected chi connectivity index (χ2v) is 4.87. The van der Waals surface area contributed by atoms with E-state index in [4.69, 9.17) is 0 Å². The smallest absolute Gasteiger partial charge is 0.324 e. The Morgan fingerprint density at radius 2 is 2.11 bits per heavy atom. The van der Waals surface area contributed by atoms with E-state index in [0.29, 0.717) is 30.2 Å². The molecule has 0 aromatic carbocycles. The average Bonchev–Trinajstić information content (AvgIpc) is 2.67. The zero-order chi connectivity index (χ0) is 13.3. The number of imidazole rings is 1. The molecule has 1 N–H and O–H groups in total. The Hall–Kier alpha value is -1.85. The van der Waals surface area contributed by atoms with Gasteiger partial charge in [-0.2, -0.15) is 0 Å². The predicted octanol–water partition coefficient (Wildman–Crippen LogP) is 0.952. The third-order valence-corrected chi connectivity index (χ3v) is 2.76. The van der Waals surface area contributed by atoms with Gasteiger partial charge >= 0.3 is 5.69 Å². The van der Waals surface area contributed by atoms with Gasteiger partial charge in [0.25, 0.3) is 5.56 Å². The molecular weight excluding hydrogens is 232 g/mol. The monoisotopic (exact) mass is 250 g/mol. The highest BCUT2D eigenvalue weighted by atomic mass is 16.2. The van der Waals surface area contributed by atoms with E-state index >= 15 is 0 Å². The zero-order valence-electron chi connectivity index (χ0n) is 10.9. The normalized spacial score (nSPS) is 11.6. The minimum absolute atomic E-state index is 0.361. The van der Waals surface area contributed by atoms with Crippen LogP contribution in [0.25, 0.3) is 11.2 Å². The largest absolute Gasteiger partial charge is 0.330 e. The number of rotatable bonds is 4. The highest BCUT2D eigenvalue weighted by Crippen LogP contribution is 2.09.